The highest BCUT2D eigenvalue weighted by Crippen LogP contribution is 2.39. The minimum atomic E-state index is -3.59. The average molecular weight is 385 g/mol. The molecule has 1 atom stereocenters. The fourth-order valence-electron chi connectivity index (χ4n) is 3.74. The van der Waals surface area contributed by atoms with Gasteiger partial charge in [-0.2, -0.15) is 4.31 Å². The van der Waals surface area contributed by atoms with Crippen LogP contribution in [0.15, 0.2) is 53.4 Å². The molecule has 6 heteroatoms. The molecule has 5 nitrogen and oxygen atoms in total. The van der Waals surface area contributed by atoms with E-state index in [0.717, 1.165) is 29.7 Å². The number of carbonyl (C=O) groups excluding carboxylic acids is 1. The highest BCUT2D eigenvalue weighted by molar-refractivity contribution is 7.89. The van der Waals surface area contributed by atoms with Crippen LogP contribution in [0.2, 0.25) is 0 Å². The molecule has 4 rings (SSSR count). The van der Waals surface area contributed by atoms with Crippen molar-refractivity contribution in [3.05, 3.63) is 59.7 Å². The predicted molar refractivity (Wildman–Crippen MR) is 105 cm³/mol. The zero-order valence-electron chi connectivity index (χ0n) is 15.6. The Morgan fingerprint density at radius 2 is 1.85 bits per heavy atom. The summed E-state index contributed by atoms with van der Waals surface area (Å²) in [5.74, 6) is 0.330. The first-order chi connectivity index (χ1) is 12.9. The molecule has 1 aliphatic heterocycles. The van der Waals surface area contributed by atoms with E-state index in [1.807, 2.05) is 42.2 Å². The van der Waals surface area contributed by atoms with Crippen molar-refractivity contribution in [1.29, 1.82) is 0 Å². The van der Waals surface area contributed by atoms with E-state index in [2.05, 4.69) is 0 Å². The maximum absolute atomic E-state index is 13.0. The Kier molecular flexibility index (Phi) is 4.56. The van der Waals surface area contributed by atoms with Gasteiger partial charge in [-0.15, -0.1) is 0 Å². The van der Waals surface area contributed by atoms with Crippen LogP contribution >= 0.6 is 0 Å². The van der Waals surface area contributed by atoms with E-state index in [0.29, 0.717) is 13.0 Å². The highest BCUT2D eigenvalue weighted by Gasteiger charge is 2.39. The van der Waals surface area contributed by atoms with Gasteiger partial charge in [-0.25, -0.2) is 8.42 Å². The molecule has 142 valence electrons. The number of nitrogens with zero attached hydrogens (tertiary/aromatic N) is 2. The number of amides is 1. The average Bonchev–Trinajstić information content (AvgIpc) is 3.44. The lowest BCUT2D eigenvalue weighted by molar-refractivity contribution is -0.120. The lowest BCUT2D eigenvalue weighted by Crippen LogP contribution is -2.36. The number of hydrogen-bond acceptors (Lipinski definition) is 3. The molecule has 0 aromatic heterocycles. The molecule has 1 amide bonds. The Morgan fingerprint density at radius 3 is 2.52 bits per heavy atom. The van der Waals surface area contributed by atoms with Crippen LogP contribution in [0.4, 0.5) is 5.69 Å². The maximum Gasteiger partial charge on any atom is 0.243 e. The quantitative estimate of drug-likeness (QED) is 0.795. The first-order valence-electron chi connectivity index (χ1n) is 9.34. The van der Waals surface area contributed by atoms with Crippen LogP contribution < -0.4 is 4.90 Å². The second-order valence-electron chi connectivity index (χ2n) is 7.57. The standard InChI is InChI=1S/C21H24N2O3S/c1-15-12-18-13-19(10-11-20(18)23(15)21(24)17-8-9-17)27(25,26)22(2)14-16-6-4-3-5-7-16/h3-7,10-11,13,15,17H,8-9,12,14H2,1-2H3. The summed E-state index contributed by atoms with van der Waals surface area (Å²) in [6.07, 6.45) is 2.63. The topological polar surface area (TPSA) is 57.7 Å². The summed E-state index contributed by atoms with van der Waals surface area (Å²) in [5, 5.41) is 0. The van der Waals surface area contributed by atoms with Crippen LogP contribution in [0, 0.1) is 5.92 Å². The Bertz CT molecular complexity index is 968. The van der Waals surface area contributed by atoms with E-state index in [4.69, 9.17) is 0 Å². The molecule has 0 N–H and O–H groups in total. The molecule has 2 aromatic carbocycles. The minimum absolute atomic E-state index is 0.0769. The van der Waals surface area contributed by atoms with E-state index in [9.17, 15) is 13.2 Å². The molecule has 0 saturated heterocycles. The van der Waals surface area contributed by atoms with Crippen LogP contribution in [0.5, 0.6) is 0 Å². The summed E-state index contributed by atoms with van der Waals surface area (Å²) in [6.45, 7) is 2.35. The van der Waals surface area contributed by atoms with Crippen LogP contribution in [0.1, 0.15) is 30.9 Å². The zero-order valence-corrected chi connectivity index (χ0v) is 16.4. The van der Waals surface area contributed by atoms with Crippen molar-refractivity contribution in [1.82, 2.24) is 4.31 Å². The number of carbonyl (C=O) groups is 1. The third-order valence-electron chi connectivity index (χ3n) is 5.39. The molecule has 1 aliphatic carbocycles. The van der Waals surface area contributed by atoms with Crippen LogP contribution in [0.3, 0.4) is 0 Å². The molecule has 1 fully saturated rings. The van der Waals surface area contributed by atoms with Gasteiger partial charge in [-0.1, -0.05) is 30.3 Å². The highest BCUT2D eigenvalue weighted by atomic mass is 32.2. The van der Waals surface area contributed by atoms with Gasteiger partial charge in [0.2, 0.25) is 15.9 Å². The van der Waals surface area contributed by atoms with Crippen molar-refractivity contribution in [2.24, 2.45) is 5.92 Å². The van der Waals surface area contributed by atoms with Gasteiger partial charge in [-0.05, 0) is 55.5 Å². The van der Waals surface area contributed by atoms with Crippen molar-refractivity contribution < 1.29 is 13.2 Å². The summed E-state index contributed by atoms with van der Waals surface area (Å²) < 4.78 is 27.4. The molecule has 2 aromatic rings. The Labute approximate surface area is 160 Å². The smallest absolute Gasteiger partial charge is 0.243 e. The number of rotatable bonds is 5. The van der Waals surface area contributed by atoms with Crippen LogP contribution in [0.25, 0.3) is 0 Å². The predicted octanol–water partition coefficient (Wildman–Crippen LogP) is 3.19. The molecular formula is C21H24N2O3S. The molecule has 1 heterocycles. The SMILES string of the molecule is CC1Cc2cc(S(=O)(=O)N(C)Cc3ccccc3)ccc2N1C(=O)C1CC1. The lowest BCUT2D eigenvalue weighted by atomic mass is 10.1. The third kappa shape index (κ3) is 3.39. The first-order valence-corrected chi connectivity index (χ1v) is 10.8. The number of sulfonamides is 1. The Morgan fingerprint density at radius 1 is 1.15 bits per heavy atom. The van der Waals surface area contributed by atoms with Crippen LogP contribution in [-0.4, -0.2) is 31.7 Å². The number of benzene rings is 2. The first kappa shape index (κ1) is 18.2. The van der Waals surface area contributed by atoms with Gasteiger partial charge in [0.05, 0.1) is 4.90 Å². The molecule has 27 heavy (non-hydrogen) atoms. The molecule has 0 spiro atoms. The van der Waals surface area contributed by atoms with E-state index in [1.165, 1.54) is 4.31 Å². The number of anilines is 1. The molecule has 0 radical (unpaired) electrons. The lowest BCUT2D eigenvalue weighted by Gasteiger charge is -2.23. The number of hydrogen-bond donors (Lipinski definition) is 0. The molecule has 0 bridgehead atoms. The third-order valence-corrected chi connectivity index (χ3v) is 7.19. The molecule has 1 unspecified atom stereocenters. The molecular weight excluding hydrogens is 360 g/mol. The van der Waals surface area contributed by atoms with Gasteiger partial charge in [0, 0.05) is 31.2 Å². The zero-order chi connectivity index (χ0) is 19.2. The summed E-state index contributed by atoms with van der Waals surface area (Å²) in [7, 11) is -1.99. The van der Waals surface area contributed by atoms with Gasteiger partial charge < -0.3 is 4.90 Å². The van der Waals surface area contributed by atoms with Crippen molar-refractivity contribution in [2.75, 3.05) is 11.9 Å². The van der Waals surface area contributed by atoms with Crippen molar-refractivity contribution in [2.45, 2.75) is 43.7 Å². The van der Waals surface area contributed by atoms with Crippen molar-refractivity contribution in [3.8, 4) is 0 Å². The van der Waals surface area contributed by atoms with Gasteiger partial charge in [-0.3, -0.25) is 4.79 Å². The van der Waals surface area contributed by atoms with Gasteiger partial charge in [0.1, 0.15) is 0 Å². The Balaban J connectivity index is 1.60. The summed E-state index contributed by atoms with van der Waals surface area (Å²) in [5.41, 5.74) is 2.74. The number of fused-ring (bicyclic) bond motifs is 1. The fourth-order valence-corrected chi connectivity index (χ4v) is 4.95. The summed E-state index contributed by atoms with van der Waals surface area (Å²) in [4.78, 5) is 14.7. The molecule has 2 aliphatic rings. The monoisotopic (exact) mass is 384 g/mol. The summed E-state index contributed by atoms with van der Waals surface area (Å²) >= 11 is 0. The van der Waals surface area contributed by atoms with Crippen LogP contribution in [-0.2, 0) is 27.8 Å². The fraction of sp³-hybridized carbons (Fsp3) is 0.381. The minimum Gasteiger partial charge on any atom is -0.309 e. The second-order valence-corrected chi connectivity index (χ2v) is 9.62. The molecule has 1 saturated carbocycles. The van der Waals surface area contributed by atoms with E-state index in [-0.39, 0.29) is 22.8 Å². The van der Waals surface area contributed by atoms with E-state index in [1.54, 1.807) is 25.2 Å². The van der Waals surface area contributed by atoms with Gasteiger partial charge in [0.15, 0.2) is 0 Å². The Hall–Kier alpha value is -2.18. The van der Waals surface area contributed by atoms with Gasteiger partial charge >= 0.3 is 0 Å². The van der Waals surface area contributed by atoms with Gasteiger partial charge in [0.25, 0.3) is 0 Å². The maximum atomic E-state index is 13.0. The van der Waals surface area contributed by atoms with E-state index < -0.39 is 10.0 Å². The normalized spacial score (nSPS) is 19.4. The second kappa shape index (κ2) is 6.77. The largest absolute Gasteiger partial charge is 0.309 e. The van der Waals surface area contributed by atoms with Crippen molar-refractivity contribution in [3.63, 3.8) is 0 Å². The van der Waals surface area contributed by atoms with E-state index >= 15 is 0 Å². The summed E-state index contributed by atoms with van der Waals surface area (Å²) in [6, 6.07) is 14.8. The van der Waals surface area contributed by atoms with Crippen molar-refractivity contribution >= 4 is 21.6 Å².